The molecule has 0 rings (SSSR count). The van der Waals surface area contributed by atoms with Gasteiger partial charge in [-0.3, -0.25) is 14.4 Å². The van der Waals surface area contributed by atoms with Gasteiger partial charge in [-0.1, -0.05) is 285 Å². The molecule has 0 heterocycles. The lowest BCUT2D eigenvalue weighted by Gasteiger charge is -2.18. The second-order valence-corrected chi connectivity index (χ2v) is 19.8. The van der Waals surface area contributed by atoms with E-state index in [1.807, 2.05) is 0 Å². The predicted molar refractivity (Wildman–Crippen MR) is 270 cm³/mol. The van der Waals surface area contributed by atoms with Gasteiger partial charge in [0.15, 0.2) is 6.10 Å². The van der Waals surface area contributed by atoms with Crippen molar-refractivity contribution >= 4 is 17.9 Å². The molecule has 0 saturated carbocycles. The summed E-state index contributed by atoms with van der Waals surface area (Å²) in [6.45, 7) is 9.06. The lowest BCUT2D eigenvalue weighted by molar-refractivity contribution is -0.167. The van der Waals surface area contributed by atoms with Gasteiger partial charge in [-0.05, 0) is 25.2 Å². The van der Waals surface area contributed by atoms with Gasteiger partial charge in [0.05, 0.1) is 0 Å². The molecule has 0 bridgehead atoms. The maximum atomic E-state index is 12.8. The van der Waals surface area contributed by atoms with E-state index >= 15 is 0 Å². The summed E-state index contributed by atoms with van der Waals surface area (Å²) in [4.78, 5) is 38.1. The smallest absolute Gasteiger partial charge is 0.306 e. The van der Waals surface area contributed by atoms with Gasteiger partial charge >= 0.3 is 17.9 Å². The van der Waals surface area contributed by atoms with Gasteiger partial charge in [-0.15, -0.1) is 0 Å². The van der Waals surface area contributed by atoms with Crippen molar-refractivity contribution in [3.63, 3.8) is 0 Å². The van der Waals surface area contributed by atoms with Gasteiger partial charge in [0.1, 0.15) is 13.2 Å². The zero-order valence-electron chi connectivity index (χ0n) is 43.0. The zero-order chi connectivity index (χ0) is 45.9. The maximum Gasteiger partial charge on any atom is 0.306 e. The second-order valence-electron chi connectivity index (χ2n) is 19.8. The minimum absolute atomic E-state index is 0.0624. The van der Waals surface area contributed by atoms with Crippen LogP contribution in [0, 0.1) is 5.92 Å². The molecular weight excluding hydrogens is 781 g/mol. The molecule has 0 spiro atoms. The number of carbonyl (C=O) groups is 3. The summed E-state index contributed by atoms with van der Waals surface area (Å²) in [5.41, 5.74) is 0. The molecule has 374 valence electrons. The maximum absolute atomic E-state index is 12.8. The van der Waals surface area contributed by atoms with Gasteiger partial charge in [-0.25, -0.2) is 0 Å². The van der Waals surface area contributed by atoms with Crippen molar-refractivity contribution in [1.82, 2.24) is 0 Å². The van der Waals surface area contributed by atoms with Crippen LogP contribution in [0.15, 0.2) is 0 Å². The van der Waals surface area contributed by atoms with Crippen LogP contribution in [0.4, 0.5) is 0 Å². The quantitative estimate of drug-likeness (QED) is 0.0344. The Morgan fingerprint density at radius 3 is 0.825 bits per heavy atom. The van der Waals surface area contributed by atoms with Crippen LogP contribution in [0.2, 0.25) is 0 Å². The average Bonchev–Trinajstić information content (AvgIpc) is 3.28. The molecule has 0 fully saturated rings. The molecular formula is C57H110O6. The van der Waals surface area contributed by atoms with Crippen molar-refractivity contribution in [3.05, 3.63) is 0 Å². The number of unbranched alkanes of at least 4 members (excludes halogenated alkanes) is 38. The third-order valence-corrected chi connectivity index (χ3v) is 13.4. The molecule has 0 N–H and O–H groups in total. The molecule has 6 heteroatoms. The van der Waals surface area contributed by atoms with Crippen LogP contribution >= 0.6 is 0 Å². The Bertz CT molecular complexity index is 951. The van der Waals surface area contributed by atoms with Crippen LogP contribution < -0.4 is 0 Å². The van der Waals surface area contributed by atoms with E-state index in [2.05, 4.69) is 27.7 Å². The van der Waals surface area contributed by atoms with Crippen LogP contribution in [0.3, 0.4) is 0 Å². The van der Waals surface area contributed by atoms with E-state index in [-0.39, 0.29) is 31.1 Å². The Morgan fingerprint density at radius 1 is 0.317 bits per heavy atom. The fourth-order valence-corrected chi connectivity index (χ4v) is 8.72. The van der Waals surface area contributed by atoms with Gasteiger partial charge in [0, 0.05) is 19.3 Å². The highest BCUT2D eigenvalue weighted by Crippen LogP contribution is 2.18. The van der Waals surface area contributed by atoms with Crippen LogP contribution in [0.5, 0.6) is 0 Å². The Labute approximate surface area is 393 Å². The largest absolute Gasteiger partial charge is 0.462 e. The Balaban J connectivity index is 4.29. The number of ether oxygens (including phenoxy) is 3. The summed E-state index contributed by atoms with van der Waals surface area (Å²) in [7, 11) is 0. The van der Waals surface area contributed by atoms with Crippen molar-refractivity contribution < 1.29 is 28.6 Å². The van der Waals surface area contributed by atoms with Gasteiger partial charge in [0.2, 0.25) is 0 Å². The predicted octanol–water partition coefficient (Wildman–Crippen LogP) is 18.6. The summed E-state index contributed by atoms with van der Waals surface area (Å²) in [6.07, 6.45) is 55.1. The SMILES string of the molecule is CCCCCCCCCCCCCCCCCCCC(=O)O[C@H](COC(=O)CCCCCCCCCCCCCCCCCC)COC(=O)CCCCCCCCCCC(C)CC. The number of carbonyl (C=O) groups excluding carboxylic acids is 3. The highest BCUT2D eigenvalue weighted by Gasteiger charge is 2.19. The summed E-state index contributed by atoms with van der Waals surface area (Å²) in [5, 5.41) is 0. The minimum atomic E-state index is -0.762. The van der Waals surface area contributed by atoms with Gasteiger partial charge in [0.25, 0.3) is 0 Å². The lowest BCUT2D eigenvalue weighted by Crippen LogP contribution is -2.30. The molecule has 1 unspecified atom stereocenters. The number of hydrogen-bond donors (Lipinski definition) is 0. The van der Waals surface area contributed by atoms with Crippen molar-refractivity contribution in [1.29, 1.82) is 0 Å². The molecule has 0 aromatic carbocycles. The summed E-state index contributed by atoms with van der Waals surface area (Å²) in [5.74, 6) is 0.00914. The third-order valence-electron chi connectivity index (χ3n) is 13.4. The third kappa shape index (κ3) is 49.7. The molecule has 0 aromatic rings. The second kappa shape index (κ2) is 51.4. The lowest BCUT2D eigenvalue weighted by atomic mass is 9.99. The molecule has 2 atom stereocenters. The first-order chi connectivity index (χ1) is 30.9. The first kappa shape index (κ1) is 61.4. The fraction of sp³-hybridized carbons (Fsp3) is 0.947. The molecule has 0 aliphatic carbocycles. The molecule has 0 aromatic heterocycles. The minimum Gasteiger partial charge on any atom is -0.462 e. The Morgan fingerprint density at radius 2 is 0.556 bits per heavy atom. The van der Waals surface area contributed by atoms with E-state index in [0.29, 0.717) is 19.3 Å². The standard InChI is InChI=1S/C57H110O6/c1-5-8-10-12-14-16-18-20-22-24-26-28-30-32-38-42-46-50-57(60)63-54(52-62-56(59)49-45-41-37-34-33-35-39-43-47-53(4)7-3)51-61-55(58)48-44-40-36-31-29-27-25-23-21-19-17-15-13-11-9-6-2/h53-54H,5-52H2,1-4H3/t53?,54-/m1/s1. The molecule has 0 saturated heterocycles. The summed E-state index contributed by atoms with van der Waals surface area (Å²) >= 11 is 0. The van der Waals surface area contributed by atoms with Gasteiger partial charge < -0.3 is 14.2 Å². The highest BCUT2D eigenvalue weighted by molar-refractivity contribution is 5.71. The van der Waals surface area contributed by atoms with Crippen LogP contribution in [-0.4, -0.2) is 37.2 Å². The van der Waals surface area contributed by atoms with E-state index in [1.54, 1.807) is 0 Å². The first-order valence-corrected chi connectivity index (χ1v) is 28.4. The molecule has 63 heavy (non-hydrogen) atoms. The monoisotopic (exact) mass is 891 g/mol. The average molecular weight is 892 g/mol. The van der Waals surface area contributed by atoms with Crippen molar-refractivity contribution in [2.75, 3.05) is 13.2 Å². The fourth-order valence-electron chi connectivity index (χ4n) is 8.72. The Kier molecular flexibility index (Phi) is 50.1. The zero-order valence-corrected chi connectivity index (χ0v) is 43.0. The number of esters is 3. The van der Waals surface area contributed by atoms with E-state index in [1.165, 1.54) is 218 Å². The highest BCUT2D eigenvalue weighted by atomic mass is 16.6. The number of hydrogen-bond acceptors (Lipinski definition) is 6. The van der Waals surface area contributed by atoms with E-state index in [9.17, 15) is 14.4 Å². The van der Waals surface area contributed by atoms with Gasteiger partial charge in [-0.2, -0.15) is 0 Å². The van der Waals surface area contributed by atoms with Crippen molar-refractivity contribution in [2.24, 2.45) is 5.92 Å². The molecule has 0 aliphatic heterocycles. The number of rotatable bonds is 52. The molecule has 0 aliphatic rings. The van der Waals surface area contributed by atoms with E-state index in [0.717, 1.165) is 63.7 Å². The van der Waals surface area contributed by atoms with Crippen molar-refractivity contribution in [3.8, 4) is 0 Å². The van der Waals surface area contributed by atoms with Crippen LogP contribution in [-0.2, 0) is 28.6 Å². The summed E-state index contributed by atoms with van der Waals surface area (Å²) < 4.78 is 16.9. The molecule has 0 radical (unpaired) electrons. The first-order valence-electron chi connectivity index (χ1n) is 28.4. The van der Waals surface area contributed by atoms with Crippen LogP contribution in [0.25, 0.3) is 0 Å². The topological polar surface area (TPSA) is 78.9 Å². The molecule has 0 amide bonds. The van der Waals surface area contributed by atoms with Crippen LogP contribution in [0.1, 0.15) is 323 Å². The summed E-state index contributed by atoms with van der Waals surface area (Å²) in [6, 6.07) is 0. The van der Waals surface area contributed by atoms with E-state index < -0.39 is 6.10 Å². The van der Waals surface area contributed by atoms with Crippen molar-refractivity contribution in [2.45, 2.75) is 329 Å². The normalized spacial score (nSPS) is 12.4. The Hall–Kier alpha value is -1.59. The van der Waals surface area contributed by atoms with E-state index in [4.69, 9.17) is 14.2 Å². The molecule has 6 nitrogen and oxygen atoms in total.